The van der Waals surface area contributed by atoms with Crippen LogP contribution < -0.4 is 5.32 Å². The standard InChI is InChI=1S/C15H24N2O/c1-10-7-15(8-10,9-16)14(18)17-13-5-4-11(2)12(3)6-13/h10-13H,4-8H2,1-3H3,(H,17,18). The van der Waals surface area contributed by atoms with E-state index in [0.29, 0.717) is 11.8 Å². The summed E-state index contributed by atoms with van der Waals surface area (Å²) < 4.78 is 0. The Bertz CT molecular complexity index is 365. The number of rotatable bonds is 2. The van der Waals surface area contributed by atoms with Gasteiger partial charge in [0.15, 0.2) is 0 Å². The summed E-state index contributed by atoms with van der Waals surface area (Å²) in [5.74, 6) is 1.92. The van der Waals surface area contributed by atoms with Crippen molar-refractivity contribution >= 4 is 5.91 Å². The zero-order chi connectivity index (χ0) is 13.3. The molecule has 2 aliphatic rings. The highest BCUT2D eigenvalue weighted by Gasteiger charge is 2.49. The Morgan fingerprint density at radius 1 is 1.22 bits per heavy atom. The lowest BCUT2D eigenvalue weighted by atomic mass is 9.63. The number of nitrogens with one attached hydrogen (secondary N) is 1. The number of nitrogens with zero attached hydrogens (tertiary/aromatic N) is 1. The summed E-state index contributed by atoms with van der Waals surface area (Å²) in [6, 6.07) is 2.52. The highest BCUT2D eigenvalue weighted by molar-refractivity contribution is 5.86. The zero-order valence-electron chi connectivity index (χ0n) is 11.7. The van der Waals surface area contributed by atoms with Gasteiger partial charge in [-0.15, -0.1) is 0 Å². The first kappa shape index (κ1) is 13.4. The minimum Gasteiger partial charge on any atom is -0.352 e. The normalized spacial score (nSPS) is 43.7. The van der Waals surface area contributed by atoms with Gasteiger partial charge >= 0.3 is 0 Å². The van der Waals surface area contributed by atoms with E-state index in [1.165, 1.54) is 6.42 Å². The molecule has 1 N–H and O–H groups in total. The van der Waals surface area contributed by atoms with Crippen molar-refractivity contribution in [1.82, 2.24) is 5.32 Å². The third-order valence-corrected chi connectivity index (χ3v) is 4.98. The molecule has 2 fully saturated rings. The van der Waals surface area contributed by atoms with Crippen LogP contribution in [-0.4, -0.2) is 11.9 Å². The van der Waals surface area contributed by atoms with Gasteiger partial charge in [0.1, 0.15) is 5.41 Å². The second-order valence-corrected chi connectivity index (χ2v) is 6.65. The van der Waals surface area contributed by atoms with E-state index in [9.17, 15) is 10.1 Å². The molecule has 2 saturated carbocycles. The van der Waals surface area contributed by atoms with Crippen LogP contribution in [-0.2, 0) is 4.79 Å². The van der Waals surface area contributed by atoms with Crippen LogP contribution in [0.4, 0.5) is 0 Å². The summed E-state index contributed by atoms with van der Waals surface area (Å²) >= 11 is 0. The molecule has 2 aliphatic carbocycles. The van der Waals surface area contributed by atoms with Gasteiger partial charge in [-0.05, 0) is 49.9 Å². The third kappa shape index (κ3) is 2.39. The number of hydrogen-bond acceptors (Lipinski definition) is 2. The highest BCUT2D eigenvalue weighted by Crippen LogP contribution is 2.45. The minimum absolute atomic E-state index is 0.0187. The molecule has 0 heterocycles. The van der Waals surface area contributed by atoms with E-state index in [1.807, 2.05) is 0 Å². The van der Waals surface area contributed by atoms with Gasteiger partial charge in [-0.1, -0.05) is 20.8 Å². The molecule has 100 valence electrons. The van der Waals surface area contributed by atoms with Gasteiger partial charge in [0, 0.05) is 6.04 Å². The minimum atomic E-state index is -0.717. The maximum absolute atomic E-state index is 12.2. The predicted octanol–water partition coefficient (Wildman–Crippen LogP) is 2.87. The lowest BCUT2D eigenvalue weighted by Gasteiger charge is -2.41. The van der Waals surface area contributed by atoms with Crippen molar-refractivity contribution in [2.45, 2.75) is 58.9 Å². The van der Waals surface area contributed by atoms with Gasteiger partial charge in [0.05, 0.1) is 6.07 Å². The van der Waals surface area contributed by atoms with E-state index in [1.54, 1.807) is 0 Å². The Balaban J connectivity index is 1.90. The Morgan fingerprint density at radius 2 is 1.89 bits per heavy atom. The van der Waals surface area contributed by atoms with E-state index < -0.39 is 5.41 Å². The van der Waals surface area contributed by atoms with Crippen molar-refractivity contribution in [3.63, 3.8) is 0 Å². The van der Waals surface area contributed by atoms with Crippen LogP contribution in [0.2, 0.25) is 0 Å². The van der Waals surface area contributed by atoms with E-state index in [4.69, 9.17) is 0 Å². The van der Waals surface area contributed by atoms with Crippen molar-refractivity contribution in [3.05, 3.63) is 0 Å². The largest absolute Gasteiger partial charge is 0.352 e. The number of carbonyl (C=O) groups excluding carboxylic acids is 1. The number of carbonyl (C=O) groups is 1. The van der Waals surface area contributed by atoms with Crippen LogP contribution in [0.25, 0.3) is 0 Å². The topological polar surface area (TPSA) is 52.9 Å². The van der Waals surface area contributed by atoms with Crippen molar-refractivity contribution in [2.24, 2.45) is 23.2 Å². The molecule has 3 heteroatoms. The average molecular weight is 248 g/mol. The first-order valence-electron chi connectivity index (χ1n) is 7.19. The summed E-state index contributed by atoms with van der Waals surface area (Å²) in [5.41, 5.74) is -0.717. The Hall–Kier alpha value is -1.04. The molecule has 2 rings (SSSR count). The maximum atomic E-state index is 12.2. The molecule has 3 unspecified atom stereocenters. The molecule has 0 radical (unpaired) electrons. The lowest BCUT2D eigenvalue weighted by Crippen LogP contribution is -2.52. The molecule has 0 saturated heterocycles. The molecule has 0 aromatic rings. The number of amides is 1. The number of nitriles is 1. The van der Waals surface area contributed by atoms with Crippen molar-refractivity contribution in [3.8, 4) is 6.07 Å². The fraction of sp³-hybridized carbons (Fsp3) is 0.867. The summed E-state index contributed by atoms with van der Waals surface area (Å²) in [4.78, 5) is 12.2. The third-order valence-electron chi connectivity index (χ3n) is 4.98. The summed E-state index contributed by atoms with van der Waals surface area (Å²) in [6.45, 7) is 6.65. The maximum Gasteiger partial charge on any atom is 0.240 e. The molecule has 0 aromatic carbocycles. The summed E-state index contributed by atoms with van der Waals surface area (Å²) in [7, 11) is 0. The Morgan fingerprint density at radius 3 is 2.39 bits per heavy atom. The van der Waals surface area contributed by atoms with E-state index in [0.717, 1.165) is 31.6 Å². The SMILES string of the molecule is CC1CC(C#N)(C(=O)NC2CCC(C)C(C)C2)C1. The molecule has 1 amide bonds. The molecule has 0 spiro atoms. The Labute approximate surface area is 110 Å². The Kier molecular flexibility index (Phi) is 3.66. The van der Waals surface area contributed by atoms with Crippen LogP contribution in [0.1, 0.15) is 52.9 Å². The molecular weight excluding hydrogens is 224 g/mol. The van der Waals surface area contributed by atoms with Gasteiger partial charge in [-0.3, -0.25) is 4.79 Å². The zero-order valence-corrected chi connectivity index (χ0v) is 11.7. The van der Waals surface area contributed by atoms with E-state index >= 15 is 0 Å². The van der Waals surface area contributed by atoms with Crippen LogP contribution in [0, 0.1) is 34.5 Å². The van der Waals surface area contributed by atoms with Gasteiger partial charge in [-0.2, -0.15) is 5.26 Å². The molecule has 0 aliphatic heterocycles. The molecular formula is C15H24N2O. The van der Waals surface area contributed by atoms with Crippen LogP contribution >= 0.6 is 0 Å². The molecule has 3 atom stereocenters. The van der Waals surface area contributed by atoms with Gasteiger partial charge in [0.2, 0.25) is 5.91 Å². The second-order valence-electron chi connectivity index (χ2n) is 6.65. The van der Waals surface area contributed by atoms with E-state index in [-0.39, 0.29) is 11.9 Å². The number of hydrogen-bond donors (Lipinski definition) is 1. The molecule has 3 nitrogen and oxygen atoms in total. The lowest BCUT2D eigenvalue weighted by molar-refractivity contribution is -0.135. The van der Waals surface area contributed by atoms with Crippen molar-refractivity contribution in [1.29, 1.82) is 5.26 Å². The predicted molar refractivity (Wildman–Crippen MR) is 70.6 cm³/mol. The van der Waals surface area contributed by atoms with Crippen LogP contribution in [0.15, 0.2) is 0 Å². The average Bonchev–Trinajstić information content (AvgIpc) is 2.29. The first-order chi connectivity index (χ1) is 8.47. The van der Waals surface area contributed by atoms with Crippen molar-refractivity contribution < 1.29 is 4.79 Å². The fourth-order valence-corrected chi connectivity index (χ4v) is 3.46. The monoisotopic (exact) mass is 248 g/mol. The highest BCUT2D eigenvalue weighted by atomic mass is 16.2. The molecule has 0 bridgehead atoms. The van der Waals surface area contributed by atoms with Crippen LogP contribution in [0.3, 0.4) is 0 Å². The van der Waals surface area contributed by atoms with Gasteiger partial charge in [-0.25, -0.2) is 0 Å². The smallest absolute Gasteiger partial charge is 0.240 e. The van der Waals surface area contributed by atoms with E-state index in [2.05, 4.69) is 32.2 Å². The fourth-order valence-electron chi connectivity index (χ4n) is 3.46. The first-order valence-corrected chi connectivity index (χ1v) is 7.19. The quantitative estimate of drug-likeness (QED) is 0.817. The summed E-state index contributed by atoms with van der Waals surface area (Å²) in [6.07, 6.45) is 4.77. The molecule has 0 aromatic heterocycles. The summed E-state index contributed by atoms with van der Waals surface area (Å²) in [5, 5.41) is 12.4. The molecule has 18 heavy (non-hydrogen) atoms. The van der Waals surface area contributed by atoms with Gasteiger partial charge < -0.3 is 5.32 Å². The second kappa shape index (κ2) is 4.91. The van der Waals surface area contributed by atoms with Crippen molar-refractivity contribution in [2.75, 3.05) is 0 Å². The van der Waals surface area contributed by atoms with Crippen LogP contribution in [0.5, 0.6) is 0 Å². The van der Waals surface area contributed by atoms with Gasteiger partial charge in [0.25, 0.3) is 0 Å².